The molecule has 0 bridgehead atoms. The number of nitrogens with one attached hydrogen (secondary N) is 1. The van der Waals surface area contributed by atoms with Crippen LogP contribution >= 0.6 is 0 Å². The summed E-state index contributed by atoms with van der Waals surface area (Å²) in [5, 5.41) is 0. The number of rotatable bonds is 7. The van der Waals surface area contributed by atoms with E-state index in [-0.39, 0.29) is 5.91 Å². The predicted octanol–water partition coefficient (Wildman–Crippen LogP) is -0.580. The Bertz CT molecular complexity index is 119. The molecule has 0 saturated heterocycles. The highest BCUT2D eigenvalue weighted by Gasteiger charge is 1.96. The molecule has 0 aromatic rings. The van der Waals surface area contributed by atoms with Crippen molar-refractivity contribution in [1.29, 1.82) is 0 Å². The molecular formula is C7H16N2O3. The van der Waals surface area contributed by atoms with E-state index in [2.05, 4.69) is 0 Å². The van der Waals surface area contributed by atoms with Crippen LogP contribution in [0.25, 0.3) is 0 Å². The van der Waals surface area contributed by atoms with Crippen molar-refractivity contribution in [3.8, 4) is 0 Å². The highest BCUT2D eigenvalue weighted by molar-refractivity contribution is 5.75. The molecule has 0 aliphatic rings. The minimum Gasteiger partial charge on any atom is -0.385 e. The van der Waals surface area contributed by atoms with E-state index in [1.165, 1.54) is 0 Å². The molecule has 0 aromatic heterocycles. The Hall–Kier alpha value is -0.650. The van der Waals surface area contributed by atoms with Gasteiger partial charge in [-0.05, 0) is 6.42 Å². The van der Waals surface area contributed by atoms with Gasteiger partial charge < -0.3 is 9.47 Å². The summed E-state index contributed by atoms with van der Waals surface area (Å²) in [5.74, 6) is 4.65. The van der Waals surface area contributed by atoms with Crippen molar-refractivity contribution in [2.24, 2.45) is 5.84 Å². The van der Waals surface area contributed by atoms with Crippen LogP contribution < -0.4 is 11.3 Å². The first-order valence-electron chi connectivity index (χ1n) is 3.87. The van der Waals surface area contributed by atoms with Crippen LogP contribution in [0.3, 0.4) is 0 Å². The summed E-state index contributed by atoms with van der Waals surface area (Å²) in [7, 11) is 1.64. The zero-order valence-electron chi connectivity index (χ0n) is 7.34. The van der Waals surface area contributed by atoms with E-state index in [4.69, 9.17) is 15.3 Å². The largest absolute Gasteiger partial charge is 0.385 e. The van der Waals surface area contributed by atoms with Gasteiger partial charge in [-0.1, -0.05) is 0 Å². The van der Waals surface area contributed by atoms with Gasteiger partial charge in [0.15, 0.2) is 0 Å². The van der Waals surface area contributed by atoms with E-state index in [0.29, 0.717) is 26.2 Å². The highest BCUT2D eigenvalue weighted by atomic mass is 16.5. The van der Waals surface area contributed by atoms with E-state index in [1.54, 1.807) is 7.11 Å². The van der Waals surface area contributed by atoms with Crippen LogP contribution in [0, 0.1) is 0 Å². The second kappa shape index (κ2) is 8.45. The molecule has 0 heterocycles. The number of hydrogen-bond acceptors (Lipinski definition) is 4. The van der Waals surface area contributed by atoms with Crippen LogP contribution in [0.4, 0.5) is 0 Å². The minimum atomic E-state index is -0.207. The number of hydrazine groups is 1. The molecule has 0 radical (unpaired) electrons. The Kier molecular flexibility index (Phi) is 7.99. The first kappa shape index (κ1) is 11.4. The number of amides is 1. The Balaban J connectivity index is 2.95. The Morgan fingerprint density at radius 1 is 1.42 bits per heavy atom. The first-order valence-corrected chi connectivity index (χ1v) is 3.87. The van der Waals surface area contributed by atoms with Gasteiger partial charge in [0.05, 0.1) is 13.0 Å². The molecule has 0 saturated carbocycles. The van der Waals surface area contributed by atoms with Crippen molar-refractivity contribution >= 4 is 5.91 Å². The van der Waals surface area contributed by atoms with E-state index >= 15 is 0 Å². The number of ether oxygens (including phenoxy) is 2. The predicted molar refractivity (Wildman–Crippen MR) is 44.3 cm³/mol. The summed E-state index contributed by atoms with van der Waals surface area (Å²) >= 11 is 0. The number of carbonyl (C=O) groups is 1. The molecule has 0 atom stereocenters. The van der Waals surface area contributed by atoms with Gasteiger partial charge in [-0.25, -0.2) is 5.84 Å². The van der Waals surface area contributed by atoms with Gasteiger partial charge in [0.25, 0.3) is 0 Å². The third-order valence-electron chi connectivity index (χ3n) is 1.27. The molecule has 1 amide bonds. The first-order chi connectivity index (χ1) is 5.81. The molecule has 72 valence electrons. The van der Waals surface area contributed by atoms with E-state index < -0.39 is 0 Å². The summed E-state index contributed by atoms with van der Waals surface area (Å²) in [6.45, 7) is 1.71. The summed E-state index contributed by atoms with van der Waals surface area (Å²) in [4.78, 5) is 10.6. The third-order valence-corrected chi connectivity index (χ3v) is 1.27. The summed E-state index contributed by atoms with van der Waals surface area (Å²) in [6, 6.07) is 0. The van der Waals surface area contributed by atoms with E-state index in [1.807, 2.05) is 5.43 Å². The average Bonchev–Trinajstić information content (AvgIpc) is 2.10. The van der Waals surface area contributed by atoms with Crippen LogP contribution in [0.15, 0.2) is 0 Å². The molecule has 0 spiro atoms. The lowest BCUT2D eigenvalue weighted by atomic mass is 10.4. The maximum Gasteiger partial charge on any atom is 0.236 e. The van der Waals surface area contributed by atoms with Gasteiger partial charge in [0, 0.05) is 20.3 Å². The van der Waals surface area contributed by atoms with Crippen molar-refractivity contribution in [1.82, 2.24) is 5.43 Å². The summed E-state index contributed by atoms with van der Waals surface area (Å²) in [5.41, 5.74) is 2.02. The van der Waals surface area contributed by atoms with Crippen molar-refractivity contribution < 1.29 is 14.3 Å². The van der Waals surface area contributed by atoms with E-state index in [0.717, 1.165) is 6.42 Å². The van der Waals surface area contributed by atoms with Gasteiger partial charge in [-0.15, -0.1) is 0 Å². The van der Waals surface area contributed by atoms with Crippen molar-refractivity contribution in [2.75, 3.05) is 26.9 Å². The molecule has 0 rings (SSSR count). The standard InChI is InChI=1S/C7H16N2O3/c1-11-4-2-5-12-6-3-7(10)9-8/h2-6,8H2,1H3,(H,9,10). The van der Waals surface area contributed by atoms with Gasteiger partial charge in [0.2, 0.25) is 5.91 Å². The normalized spacial score (nSPS) is 9.83. The molecule has 12 heavy (non-hydrogen) atoms. The topological polar surface area (TPSA) is 73.6 Å². The molecule has 0 aliphatic heterocycles. The monoisotopic (exact) mass is 176 g/mol. The fourth-order valence-corrected chi connectivity index (χ4v) is 0.644. The fourth-order valence-electron chi connectivity index (χ4n) is 0.644. The number of methoxy groups -OCH3 is 1. The molecule has 0 fully saturated rings. The Morgan fingerprint density at radius 3 is 2.75 bits per heavy atom. The molecule has 5 nitrogen and oxygen atoms in total. The van der Waals surface area contributed by atoms with Gasteiger partial charge in [-0.3, -0.25) is 10.2 Å². The summed E-state index contributed by atoms with van der Waals surface area (Å²) in [6.07, 6.45) is 1.16. The zero-order chi connectivity index (χ0) is 9.23. The van der Waals surface area contributed by atoms with Gasteiger partial charge in [-0.2, -0.15) is 0 Å². The second-order valence-corrected chi connectivity index (χ2v) is 2.28. The SMILES string of the molecule is COCCCOCCC(=O)NN. The molecule has 0 aliphatic carbocycles. The summed E-state index contributed by atoms with van der Waals surface area (Å²) < 4.78 is 9.92. The number of nitrogens with two attached hydrogens (primary N) is 1. The highest BCUT2D eigenvalue weighted by Crippen LogP contribution is 1.86. The molecule has 0 aromatic carbocycles. The van der Waals surface area contributed by atoms with Gasteiger partial charge in [0.1, 0.15) is 0 Å². The zero-order valence-corrected chi connectivity index (χ0v) is 7.34. The lowest BCUT2D eigenvalue weighted by Gasteiger charge is -2.02. The fraction of sp³-hybridized carbons (Fsp3) is 0.857. The Morgan fingerprint density at radius 2 is 2.17 bits per heavy atom. The molecule has 5 heteroatoms. The van der Waals surface area contributed by atoms with Crippen LogP contribution in [0.5, 0.6) is 0 Å². The Labute approximate surface area is 72.2 Å². The van der Waals surface area contributed by atoms with Gasteiger partial charge >= 0.3 is 0 Å². The second-order valence-electron chi connectivity index (χ2n) is 2.28. The minimum absolute atomic E-state index is 0.207. The van der Waals surface area contributed by atoms with Crippen molar-refractivity contribution in [3.63, 3.8) is 0 Å². The molecule has 3 N–H and O–H groups in total. The maximum atomic E-state index is 10.6. The van der Waals surface area contributed by atoms with Crippen LogP contribution in [0.2, 0.25) is 0 Å². The van der Waals surface area contributed by atoms with Crippen LogP contribution in [-0.4, -0.2) is 32.8 Å². The molecular weight excluding hydrogens is 160 g/mol. The third kappa shape index (κ3) is 7.46. The lowest BCUT2D eigenvalue weighted by Crippen LogP contribution is -2.30. The number of carbonyl (C=O) groups excluding carboxylic acids is 1. The van der Waals surface area contributed by atoms with Crippen LogP contribution in [0.1, 0.15) is 12.8 Å². The smallest absolute Gasteiger partial charge is 0.236 e. The van der Waals surface area contributed by atoms with E-state index in [9.17, 15) is 4.79 Å². The maximum absolute atomic E-state index is 10.6. The quantitative estimate of drug-likeness (QED) is 0.235. The lowest BCUT2D eigenvalue weighted by molar-refractivity contribution is -0.122. The van der Waals surface area contributed by atoms with Crippen molar-refractivity contribution in [2.45, 2.75) is 12.8 Å². The molecule has 0 unspecified atom stereocenters. The number of hydrogen-bond donors (Lipinski definition) is 2. The van der Waals surface area contributed by atoms with Crippen molar-refractivity contribution in [3.05, 3.63) is 0 Å². The average molecular weight is 176 g/mol. The van der Waals surface area contributed by atoms with Crippen LogP contribution in [-0.2, 0) is 14.3 Å².